The summed E-state index contributed by atoms with van der Waals surface area (Å²) in [4.78, 5) is 22.0. The van der Waals surface area contributed by atoms with Crippen molar-refractivity contribution in [2.75, 3.05) is 13.2 Å². The normalized spacial score (nSPS) is 13.6. The highest BCUT2D eigenvalue weighted by Crippen LogP contribution is 2.29. The first-order chi connectivity index (χ1) is 9.11. The van der Waals surface area contributed by atoms with Crippen molar-refractivity contribution in [1.29, 1.82) is 0 Å². The van der Waals surface area contributed by atoms with Crippen LogP contribution >= 0.6 is 0 Å². The SMILES string of the molecule is CCOC(=O)C1=Cc2cc([N+](=O)[O-])ccc2OCC1. The number of benzene rings is 1. The summed E-state index contributed by atoms with van der Waals surface area (Å²) < 4.78 is 10.4. The first kappa shape index (κ1) is 13.1. The molecule has 1 aromatic rings. The molecule has 0 bridgehead atoms. The molecule has 0 saturated heterocycles. The number of carbonyl (C=O) groups excluding carboxylic acids is 1. The van der Waals surface area contributed by atoms with Gasteiger partial charge in [0, 0.05) is 29.7 Å². The third kappa shape index (κ3) is 2.90. The first-order valence-electron chi connectivity index (χ1n) is 5.90. The van der Waals surface area contributed by atoms with E-state index in [-0.39, 0.29) is 5.69 Å². The average Bonchev–Trinajstić information content (AvgIpc) is 2.60. The van der Waals surface area contributed by atoms with Gasteiger partial charge < -0.3 is 9.47 Å². The maximum Gasteiger partial charge on any atom is 0.334 e. The molecule has 6 heteroatoms. The van der Waals surface area contributed by atoms with Crippen molar-refractivity contribution in [2.24, 2.45) is 0 Å². The minimum absolute atomic E-state index is 0.0382. The van der Waals surface area contributed by atoms with Gasteiger partial charge in [0.1, 0.15) is 5.75 Å². The molecule has 0 fully saturated rings. The van der Waals surface area contributed by atoms with Crippen molar-refractivity contribution in [2.45, 2.75) is 13.3 Å². The number of carbonyl (C=O) groups is 1. The molecule has 0 unspecified atom stereocenters. The Hall–Kier alpha value is -2.37. The number of esters is 1. The van der Waals surface area contributed by atoms with Crippen molar-refractivity contribution in [3.63, 3.8) is 0 Å². The summed E-state index contributed by atoms with van der Waals surface area (Å²) in [7, 11) is 0. The second kappa shape index (κ2) is 5.51. The number of fused-ring (bicyclic) bond motifs is 1. The molecule has 0 spiro atoms. The van der Waals surface area contributed by atoms with E-state index >= 15 is 0 Å². The molecule has 0 radical (unpaired) electrons. The molecule has 1 aliphatic heterocycles. The summed E-state index contributed by atoms with van der Waals surface area (Å²) in [5, 5.41) is 10.7. The zero-order valence-corrected chi connectivity index (χ0v) is 10.4. The van der Waals surface area contributed by atoms with Gasteiger partial charge in [-0.25, -0.2) is 4.79 Å². The first-order valence-corrected chi connectivity index (χ1v) is 5.90. The lowest BCUT2D eigenvalue weighted by atomic mass is 10.1. The van der Waals surface area contributed by atoms with Crippen LogP contribution in [0.25, 0.3) is 6.08 Å². The number of hydrogen-bond donors (Lipinski definition) is 0. The summed E-state index contributed by atoms with van der Waals surface area (Å²) in [6.07, 6.45) is 2.01. The van der Waals surface area contributed by atoms with Crippen LogP contribution in [-0.2, 0) is 9.53 Å². The number of non-ortho nitro benzene ring substituents is 1. The van der Waals surface area contributed by atoms with Crippen molar-refractivity contribution in [1.82, 2.24) is 0 Å². The highest BCUT2D eigenvalue weighted by Gasteiger charge is 2.18. The van der Waals surface area contributed by atoms with Gasteiger partial charge in [0.2, 0.25) is 0 Å². The van der Waals surface area contributed by atoms with Crippen LogP contribution in [0.15, 0.2) is 23.8 Å². The van der Waals surface area contributed by atoms with E-state index in [9.17, 15) is 14.9 Å². The van der Waals surface area contributed by atoms with Crippen molar-refractivity contribution < 1.29 is 19.2 Å². The van der Waals surface area contributed by atoms with Crippen LogP contribution in [0, 0.1) is 10.1 Å². The van der Waals surface area contributed by atoms with E-state index in [1.54, 1.807) is 13.0 Å². The second-order valence-electron chi connectivity index (χ2n) is 3.97. The molecular weight excluding hydrogens is 250 g/mol. The highest BCUT2D eigenvalue weighted by atomic mass is 16.6. The summed E-state index contributed by atoms with van der Waals surface area (Å²) in [5.41, 5.74) is 0.944. The molecule has 2 rings (SSSR count). The van der Waals surface area contributed by atoms with Crippen LogP contribution in [0.4, 0.5) is 5.69 Å². The third-order valence-electron chi connectivity index (χ3n) is 2.70. The van der Waals surface area contributed by atoms with E-state index in [1.807, 2.05) is 0 Å². The predicted molar refractivity (Wildman–Crippen MR) is 67.8 cm³/mol. The van der Waals surface area contributed by atoms with Crippen molar-refractivity contribution >= 4 is 17.7 Å². The fourth-order valence-corrected chi connectivity index (χ4v) is 1.81. The quantitative estimate of drug-likeness (QED) is 0.475. The number of ether oxygens (including phenoxy) is 2. The largest absolute Gasteiger partial charge is 0.493 e. The molecule has 19 heavy (non-hydrogen) atoms. The van der Waals surface area contributed by atoms with Crippen LogP contribution < -0.4 is 4.74 Å². The Morgan fingerprint density at radius 1 is 1.53 bits per heavy atom. The van der Waals surface area contributed by atoms with E-state index in [1.165, 1.54) is 18.2 Å². The Kier molecular flexibility index (Phi) is 3.79. The van der Waals surface area contributed by atoms with E-state index in [0.717, 1.165) is 0 Å². The van der Waals surface area contributed by atoms with Crippen LogP contribution in [0.3, 0.4) is 0 Å². The summed E-state index contributed by atoms with van der Waals surface area (Å²) in [6, 6.07) is 4.31. The van der Waals surface area contributed by atoms with Gasteiger partial charge in [-0.05, 0) is 19.1 Å². The maximum absolute atomic E-state index is 11.7. The Balaban J connectivity index is 2.39. The van der Waals surface area contributed by atoms with Gasteiger partial charge in [-0.1, -0.05) is 0 Å². The van der Waals surface area contributed by atoms with Crippen LogP contribution in [0.1, 0.15) is 18.9 Å². The fourth-order valence-electron chi connectivity index (χ4n) is 1.81. The van der Waals surface area contributed by atoms with Crippen LogP contribution in [0.2, 0.25) is 0 Å². The van der Waals surface area contributed by atoms with E-state index in [4.69, 9.17) is 9.47 Å². The molecule has 0 amide bonds. The van der Waals surface area contributed by atoms with Gasteiger partial charge in [0.15, 0.2) is 0 Å². The monoisotopic (exact) mass is 263 g/mol. The van der Waals surface area contributed by atoms with Crippen LogP contribution in [-0.4, -0.2) is 24.1 Å². The van der Waals surface area contributed by atoms with Gasteiger partial charge in [-0.15, -0.1) is 0 Å². The molecule has 0 saturated carbocycles. The minimum atomic E-state index is -0.483. The third-order valence-corrected chi connectivity index (χ3v) is 2.70. The standard InChI is InChI=1S/C13H13NO5/c1-2-18-13(15)9-5-6-19-12-4-3-11(14(16)17)8-10(12)7-9/h3-4,7-8H,2,5-6H2,1H3. The van der Waals surface area contributed by atoms with Gasteiger partial charge in [0.25, 0.3) is 5.69 Å². The van der Waals surface area contributed by atoms with Gasteiger partial charge in [0.05, 0.1) is 18.1 Å². The van der Waals surface area contributed by atoms with Gasteiger partial charge >= 0.3 is 5.97 Å². The topological polar surface area (TPSA) is 78.7 Å². The Labute approximate surface area is 109 Å². The number of nitrogens with zero attached hydrogens (tertiary/aromatic N) is 1. The highest BCUT2D eigenvalue weighted by molar-refractivity contribution is 5.94. The molecule has 0 N–H and O–H groups in total. The van der Waals surface area contributed by atoms with Crippen LogP contribution in [0.5, 0.6) is 5.75 Å². The summed E-state index contributed by atoms with van der Waals surface area (Å²) in [5.74, 6) is 0.121. The summed E-state index contributed by atoms with van der Waals surface area (Å²) >= 11 is 0. The lowest BCUT2D eigenvalue weighted by molar-refractivity contribution is -0.384. The van der Waals surface area contributed by atoms with Gasteiger partial charge in [-0.3, -0.25) is 10.1 Å². The number of rotatable bonds is 3. The molecule has 0 atom stereocenters. The molecule has 1 heterocycles. The zero-order valence-electron chi connectivity index (χ0n) is 10.4. The maximum atomic E-state index is 11.7. The second-order valence-corrected chi connectivity index (χ2v) is 3.97. The molecule has 6 nitrogen and oxygen atoms in total. The predicted octanol–water partition coefficient (Wildman–Crippen LogP) is 2.32. The lowest BCUT2D eigenvalue weighted by Crippen LogP contribution is -2.09. The average molecular weight is 263 g/mol. The van der Waals surface area contributed by atoms with E-state index < -0.39 is 10.9 Å². The fraction of sp³-hybridized carbons (Fsp3) is 0.308. The Bertz CT molecular complexity index is 550. The molecule has 100 valence electrons. The Morgan fingerprint density at radius 2 is 2.32 bits per heavy atom. The van der Waals surface area contributed by atoms with E-state index in [2.05, 4.69) is 0 Å². The van der Waals surface area contributed by atoms with E-state index in [0.29, 0.717) is 36.5 Å². The summed E-state index contributed by atoms with van der Waals surface area (Å²) in [6.45, 7) is 2.36. The molecular formula is C13H13NO5. The van der Waals surface area contributed by atoms with Crippen molar-refractivity contribution in [3.8, 4) is 5.75 Å². The molecule has 1 aromatic carbocycles. The molecule has 1 aliphatic rings. The van der Waals surface area contributed by atoms with Gasteiger partial charge in [-0.2, -0.15) is 0 Å². The molecule has 0 aromatic heterocycles. The number of nitro groups is 1. The zero-order chi connectivity index (χ0) is 13.8. The van der Waals surface area contributed by atoms with Crippen molar-refractivity contribution in [3.05, 3.63) is 39.4 Å². The molecule has 0 aliphatic carbocycles. The number of hydrogen-bond acceptors (Lipinski definition) is 5. The minimum Gasteiger partial charge on any atom is -0.493 e. The smallest absolute Gasteiger partial charge is 0.334 e. The number of nitro benzene ring substituents is 1. The lowest BCUT2D eigenvalue weighted by Gasteiger charge is -2.04. The Morgan fingerprint density at radius 3 is 3.00 bits per heavy atom.